The highest BCUT2D eigenvalue weighted by molar-refractivity contribution is 7.91. The maximum Gasteiger partial charge on any atom is 0.416 e. The largest absolute Gasteiger partial charge is 0.465 e. The van der Waals surface area contributed by atoms with E-state index in [1.54, 1.807) is 13.1 Å². The van der Waals surface area contributed by atoms with Gasteiger partial charge < -0.3 is 9.12 Å². The molecular weight excluding hydrogens is 375 g/mol. The van der Waals surface area contributed by atoms with Crippen LogP contribution >= 0.6 is 0 Å². The SMILES string of the molecule is COC(=O)c1ccc(C(F)(F)F)cc1S(=O)(=O)N[Si-](C)(C)C(C)(C)C. The van der Waals surface area contributed by atoms with E-state index in [4.69, 9.17) is 0 Å². The van der Waals surface area contributed by atoms with Gasteiger partial charge in [-0.1, -0.05) is 29.0 Å². The van der Waals surface area contributed by atoms with Gasteiger partial charge in [-0.05, 0) is 18.2 Å². The summed E-state index contributed by atoms with van der Waals surface area (Å²) in [4.78, 5) is 11.1. The van der Waals surface area contributed by atoms with Gasteiger partial charge in [-0.2, -0.15) is 26.3 Å². The lowest BCUT2D eigenvalue weighted by molar-refractivity contribution is -0.137. The predicted molar refractivity (Wildman–Crippen MR) is 90.3 cm³/mol. The number of alkyl halides is 3. The molecule has 0 aliphatic carbocycles. The van der Waals surface area contributed by atoms with Gasteiger partial charge in [0.15, 0.2) is 0 Å². The summed E-state index contributed by atoms with van der Waals surface area (Å²) in [6.07, 6.45) is -4.74. The van der Waals surface area contributed by atoms with Gasteiger partial charge in [0, 0.05) is 0 Å². The fourth-order valence-electron chi connectivity index (χ4n) is 1.74. The van der Waals surface area contributed by atoms with Crippen LogP contribution in [0.25, 0.3) is 0 Å². The molecule has 1 aromatic rings. The fourth-order valence-corrected chi connectivity index (χ4v) is 6.82. The second kappa shape index (κ2) is 6.73. The number of carbonyl (C=O) groups is 1. The van der Waals surface area contributed by atoms with Crippen LogP contribution in [0.15, 0.2) is 23.1 Å². The minimum Gasteiger partial charge on any atom is -0.465 e. The number of halogens is 3. The average Bonchev–Trinajstić information content (AvgIpc) is 2.42. The molecule has 0 saturated carbocycles. The van der Waals surface area contributed by atoms with Crippen LogP contribution in [0.2, 0.25) is 18.1 Å². The first kappa shape index (κ1) is 21.6. The molecule has 0 fully saturated rings. The Hall–Kier alpha value is -1.39. The molecule has 0 bridgehead atoms. The Labute approximate surface area is 146 Å². The van der Waals surface area contributed by atoms with Crippen LogP contribution in [0, 0.1) is 0 Å². The van der Waals surface area contributed by atoms with Gasteiger partial charge in [-0.25, -0.2) is 13.2 Å². The Morgan fingerprint density at radius 3 is 2.08 bits per heavy atom. The molecule has 10 heteroatoms. The monoisotopic (exact) mass is 397 g/mol. The molecule has 0 aliphatic rings. The zero-order valence-corrected chi connectivity index (χ0v) is 16.7. The minimum absolute atomic E-state index is 0.396. The van der Waals surface area contributed by atoms with Gasteiger partial charge >= 0.3 is 12.1 Å². The Bertz CT molecular complexity index is 768. The summed E-state index contributed by atoms with van der Waals surface area (Å²) >= 11 is 0. The summed E-state index contributed by atoms with van der Waals surface area (Å²) in [6, 6.07) is 1.92. The average molecular weight is 397 g/mol. The normalized spacial score (nSPS) is 13.6. The number of methoxy groups -OCH3 is 1. The molecule has 1 aromatic carbocycles. The number of ether oxygens (including phenoxy) is 1. The van der Waals surface area contributed by atoms with E-state index < -0.39 is 51.5 Å². The van der Waals surface area contributed by atoms with Crippen molar-refractivity contribution in [3.05, 3.63) is 29.3 Å². The van der Waals surface area contributed by atoms with Crippen LogP contribution in [0.3, 0.4) is 0 Å². The molecule has 0 saturated heterocycles. The lowest BCUT2D eigenvalue weighted by Gasteiger charge is -2.48. The Morgan fingerprint density at radius 1 is 1.16 bits per heavy atom. The summed E-state index contributed by atoms with van der Waals surface area (Å²) in [5.74, 6) is -1.02. The number of rotatable bonds is 4. The van der Waals surface area contributed by atoms with Crippen LogP contribution in [-0.2, 0) is 20.9 Å². The highest BCUT2D eigenvalue weighted by Crippen LogP contribution is 2.36. The number of nitrogens with one attached hydrogen (secondary N) is 1. The maximum atomic E-state index is 13.0. The maximum absolute atomic E-state index is 13.0. The van der Waals surface area contributed by atoms with Crippen molar-refractivity contribution in [2.45, 2.75) is 50.0 Å². The summed E-state index contributed by atoms with van der Waals surface area (Å²) in [5.41, 5.74) is -1.60. The molecule has 0 amide bonds. The molecule has 1 rings (SSSR count). The zero-order valence-electron chi connectivity index (χ0n) is 14.9. The Morgan fingerprint density at radius 2 is 1.68 bits per heavy atom. The van der Waals surface area contributed by atoms with Crippen molar-refractivity contribution in [1.29, 1.82) is 0 Å². The third-order valence-corrected chi connectivity index (χ3v) is 12.1. The van der Waals surface area contributed by atoms with E-state index in [2.05, 4.69) is 9.12 Å². The summed E-state index contributed by atoms with van der Waals surface area (Å²) in [6.45, 7) is 9.02. The minimum atomic E-state index is -4.74. The number of hydrogen-bond acceptors (Lipinski definition) is 4. The van der Waals surface area contributed by atoms with Crippen LogP contribution in [0.4, 0.5) is 13.2 Å². The molecule has 0 unspecified atom stereocenters. The third-order valence-electron chi connectivity index (χ3n) is 4.27. The smallest absolute Gasteiger partial charge is 0.416 e. The molecule has 0 atom stereocenters. The van der Waals surface area contributed by atoms with Crippen LogP contribution in [-0.4, -0.2) is 29.7 Å². The van der Waals surface area contributed by atoms with Gasteiger partial charge in [-0.3, -0.25) is 0 Å². The molecule has 0 spiro atoms. The topological polar surface area (TPSA) is 72.5 Å². The van der Waals surface area contributed by atoms with Crippen molar-refractivity contribution in [1.82, 2.24) is 4.39 Å². The third kappa shape index (κ3) is 4.82. The lowest BCUT2D eigenvalue weighted by atomic mass is 10.1. The van der Waals surface area contributed by atoms with Crippen molar-refractivity contribution in [2.75, 3.05) is 7.11 Å². The van der Waals surface area contributed by atoms with Crippen molar-refractivity contribution < 1.29 is 31.1 Å². The first-order valence-electron chi connectivity index (χ1n) is 7.36. The molecule has 143 valence electrons. The number of esters is 1. The van der Waals surface area contributed by atoms with E-state index in [-0.39, 0.29) is 0 Å². The van der Waals surface area contributed by atoms with Gasteiger partial charge in [0.05, 0.1) is 23.1 Å². The van der Waals surface area contributed by atoms with Crippen molar-refractivity contribution in [3.63, 3.8) is 0 Å². The highest BCUT2D eigenvalue weighted by Gasteiger charge is 2.35. The molecule has 0 aromatic heterocycles. The highest BCUT2D eigenvalue weighted by atomic mass is 32.2. The second-order valence-corrected chi connectivity index (χ2v) is 14.2. The van der Waals surface area contributed by atoms with Crippen molar-refractivity contribution in [2.24, 2.45) is 0 Å². The number of hydrogen-bond donors (Lipinski definition) is 1. The van der Waals surface area contributed by atoms with Crippen LogP contribution in [0.1, 0.15) is 36.7 Å². The number of carbonyl (C=O) groups excluding carboxylic acids is 1. The molecule has 25 heavy (non-hydrogen) atoms. The molecular formula is C15H22F3NO4SSi-. The summed E-state index contributed by atoms with van der Waals surface area (Å²) in [5, 5.41) is -0.396. The van der Waals surface area contributed by atoms with E-state index in [0.717, 1.165) is 13.2 Å². The summed E-state index contributed by atoms with van der Waals surface area (Å²) in [7, 11) is -5.96. The second-order valence-electron chi connectivity index (χ2n) is 7.18. The Balaban J connectivity index is 3.58. The van der Waals surface area contributed by atoms with Gasteiger partial charge in [0.1, 0.15) is 0 Å². The predicted octanol–water partition coefficient (Wildman–Crippen LogP) is 3.78. The van der Waals surface area contributed by atoms with E-state index in [0.29, 0.717) is 12.1 Å². The quantitative estimate of drug-likeness (QED) is 0.620. The number of benzene rings is 1. The molecule has 5 nitrogen and oxygen atoms in total. The lowest BCUT2D eigenvalue weighted by Crippen LogP contribution is -2.54. The van der Waals surface area contributed by atoms with E-state index in [1.165, 1.54) is 0 Å². The molecule has 0 radical (unpaired) electrons. The van der Waals surface area contributed by atoms with E-state index in [9.17, 15) is 26.4 Å². The first-order valence-corrected chi connectivity index (χ1v) is 11.8. The first-order chi connectivity index (χ1) is 11.0. The van der Waals surface area contributed by atoms with Crippen LogP contribution in [0.5, 0.6) is 0 Å². The summed E-state index contributed by atoms with van der Waals surface area (Å²) < 4.78 is 71.5. The Kier molecular flexibility index (Phi) is 5.83. The van der Waals surface area contributed by atoms with Crippen LogP contribution < -0.4 is 4.39 Å². The standard InChI is InChI=1S/C15H22F3NO4SSi/c1-14(2,3)25(5,6)19-24(21,22)12-9-10(15(16,17)18)7-8-11(12)13(20)23-4/h7-9,19H,1-6H3/q-1. The van der Waals surface area contributed by atoms with Gasteiger partial charge in [-0.15, -0.1) is 5.04 Å². The molecule has 0 heterocycles. The molecule has 0 aliphatic heterocycles. The zero-order chi connectivity index (χ0) is 19.8. The van der Waals surface area contributed by atoms with E-state index >= 15 is 0 Å². The van der Waals surface area contributed by atoms with Gasteiger partial charge in [0.25, 0.3) is 0 Å². The van der Waals surface area contributed by atoms with Crippen molar-refractivity contribution >= 4 is 24.2 Å². The fraction of sp³-hybridized carbons (Fsp3) is 0.533. The van der Waals surface area contributed by atoms with Gasteiger partial charge in [0.2, 0.25) is 10.0 Å². The van der Waals surface area contributed by atoms with Crippen molar-refractivity contribution in [3.8, 4) is 0 Å². The van der Waals surface area contributed by atoms with E-state index in [1.807, 2.05) is 20.8 Å². The number of sulfonamides is 1. The molecule has 1 N–H and O–H groups in total.